The number of methoxy groups -OCH3 is 1. The molecule has 1 aromatic carbocycles. The van der Waals surface area contributed by atoms with Gasteiger partial charge in [0.2, 0.25) is 5.91 Å². The molecule has 276 valence electrons. The summed E-state index contributed by atoms with van der Waals surface area (Å²) < 4.78 is 11.0. The maximum absolute atomic E-state index is 14.7. The Balaban J connectivity index is 1.63. The first kappa shape index (κ1) is 39.1. The molecule has 11 nitrogen and oxygen atoms in total. The molecule has 11 heteroatoms. The number of anilines is 1. The molecule has 3 amide bonds. The van der Waals surface area contributed by atoms with Gasteiger partial charge in [-0.25, -0.2) is 14.8 Å². The van der Waals surface area contributed by atoms with E-state index in [0.29, 0.717) is 62.3 Å². The van der Waals surface area contributed by atoms with Gasteiger partial charge >= 0.3 is 6.09 Å². The normalized spacial score (nSPS) is 19.0. The molecule has 1 N–H and O–H groups in total. The minimum absolute atomic E-state index is 0.0325. The number of aromatic nitrogens is 2. The van der Waals surface area contributed by atoms with Crippen molar-refractivity contribution in [2.24, 2.45) is 11.8 Å². The fourth-order valence-corrected chi connectivity index (χ4v) is 6.77. The average Bonchev–Trinajstić information content (AvgIpc) is 3.07. The lowest BCUT2D eigenvalue weighted by molar-refractivity contribution is -0.139. The molecule has 2 atom stereocenters. The Morgan fingerprint density at radius 1 is 1.00 bits per heavy atom. The molecule has 0 radical (unpaired) electrons. The second-order valence-corrected chi connectivity index (χ2v) is 16.3. The van der Waals surface area contributed by atoms with Gasteiger partial charge in [0, 0.05) is 64.6 Å². The fourth-order valence-electron chi connectivity index (χ4n) is 6.77. The number of ether oxygens (including phenoxy) is 2. The number of rotatable bonds is 11. The first-order valence-electron chi connectivity index (χ1n) is 18.3. The minimum atomic E-state index is -0.703. The third kappa shape index (κ3) is 10.6. The summed E-state index contributed by atoms with van der Waals surface area (Å²) in [6.07, 6.45) is 4.13. The van der Waals surface area contributed by atoms with E-state index >= 15 is 0 Å². The van der Waals surface area contributed by atoms with Crippen molar-refractivity contribution in [2.75, 3.05) is 58.3 Å². The van der Waals surface area contributed by atoms with Crippen molar-refractivity contribution in [3.63, 3.8) is 0 Å². The van der Waals surface area contributed by atoms with Gasteiger partial charge in [-0.1, -0.05) is 65.0 Å². The van der Waals surface area contributed by atoms with Crippen molar-refractivity contribution in [3.8, 4) is 0 Å². The van der Waals surface area contributed by atoms with Crippen LogP contribution in [0, 0.1) is 11.8 Å². The van der Waals surface area contributed by atoms with Crippen LogP contribution in [0.4, 0.5) is 10.6 Å². The van der Waals surface area contributed by atoms with Crippen LogP contribution in [0.1, 0.15) is 109 Å². The van der Waals surface area contributed by atoms with Crippen LogP contribution in [0.25, 0.3) is 0 Å². The van der Waals surface area contributed by atoms with Crippen LogP contribution in [0.2, 0.25) is 0 Å². The molecule has 2 aliphatic heterocycles. The second kappa shape index (κ2) is 17.0. The predicted molar refractivity (Wildman–Crippen MR) is 196 cm³/mol. The van der Waals surface area contributed by atoms with Crippen LogP contribution in [-0.4, -0.2) is 107 Å². The number of hydrogen-bond donors (Lipinski definition) is 1. The van der Waals surface area contributed by atoms with Gasteiger partial charge in [0.15, 0.2) is 0 Å². The van der Waals surface area contributed by atoms with Gasteiger partial charge in [0.25, 0.3) is 5.91 Å². The first-order chi connectivity index (χ1) is 23.6. The highest BCUT2D eigenvalue weighted by atomic mass is 16.6. The minimum Gasteiger partial charge on any atom is -0.444 e. The molecule has 1 aromatic heterocycles. The van der Waals surface area contributed by atoms with Crippen molar-refractivity contribution in [3.05, 3.63) is 53.5 Å². The van der Waals surface area contributed by atoms with E-state index in [1.165, 1.54) is 5.56 Å². The number of carbonyl (C=O) groups is 3. The monoisotopic (exact) mass is 692 g/mol. The van der Waals surface area contributed by atoms with E-state index in [2.05, 4.69) is 48.4 Å². The van der Waals surface area contributed by atoms with Crippen LogP contribution < -0.4 is 5.32 Å². The summed E-state index contributed by atoms with van der Waals surface area (Å²) >= 11 is 0. The molecule has 4 rings (SSSR count). The summed E-state index contributed by atoms with van der Waals surface area (Å²) in [4.78, 5) is 57.3. The Bertz CT molecular complexity index is 1430. The summed E-state index contributed by atoms with van der Waals surface area (Å²) in [5, 5.41) is 3.37. The van der Waals surface area contributed by atoms with Crippen LogP contribution in [-0.2, 0) is 19.7 Å². The zero-order chi connectivity index (χ0) is 36.6. The number of piperidine rings is 2. The molecule has 2 fully saturated rings. The third-order valence-corrected chi connectivity index (χ3v) is 9.28. The number of carbonyl (C=O) groups excluding carboxylic acids is 3. The number of amides is 3. The van der Waals surface area contributed by atoms with Crippen LogP contribution >= 0.6 is 0 Å². The van der Waals surface area contributed by atoms with Gasteiger partial charge < -0.3 is 29.5 Å². The zero-order valence-corrected chi connectivity index (χ0v) is 31.8. The summed E-state index contributed by atoms with van der Waals surface area (Å²) in [5.74, 6) is 1.01. The van der Waals surface area contributed by atoms with Crippen molar-refractivity contribution < 1.29 is 23.9 Å². The second-order valence-electron chi connectivity index (χ2n) is 16.3. The lowest BCUT2D eigenvalue weighted by atomic mass is 9.87. The lowest BCUT2D eigenvalue weighted by Gasteiger charge is -2.44. The van der Waals surface area contributed by atoms with E-state index in [9.17, 15) is 14.4 Å². The standard InChI is InChI=1S/C39H60N6O5/c1-27(2)24-45(35(47)32-23-41-36(38(3,4)5)42-33(32)40-18-13-21-49-9)31-22-30(25-44(26-31)37(48)50-39(6,7)8)34(46)43-19-16-29(17-20-43)28-14-11-10-12-15-28/h10-12,14-15,23,27,29-31H,13,16-22,24-26H2,1-9H3,(H,40,41,42)/t30-,31+/m1/s1. The van der Waals surface area contributed by atoms with Crippen molar-refractivity contribution in [1.82, 2.24) is 24.7 Å². The summed E-state index contributed by atoms with van der Waals surface area (Å²) in [6.45, 7) is 19.2. The molecular formula is C39H60N6O5. The number of nitrogens with zero attached hydrogens (tertiary/aromatic N) is 5. The van der Waals surface area contributed by atoms with Crippen molar-refractivity contribution in [1.29, 1.82) is 0 Å². The van der Waals surface area contributed by atoms with Gasteiger partial charge in [0.05, 0.1) is 12.0 Å². The Hall–Kier alpha value is -3.73. The lowest BCUT2D eigenvalue weighted by Crippen LogP contribution is -2.58. The largest absolute Gasteiger partial charge is 0.444 e. The molecule has 0 saturated carbocycles. The van der Waals surface area contributed by atoms with E-state index in [-0.39, 0.29) is 36.2 Å². The smallest absolute Gasteiger partial charge is 0.410 e. The molecule has 3 heterocycles. The van der Waals surface area contributed by atoms with E-state index in [4.69, 9.17) is 14.5 Å². The Labute approximate surface area is 299 Å². The number of hydrogen-bond acceptors (Lipinski definition) is 8. The number of benzene rings is 1. The first-order valence-corrected chi connectivity index (χ1v) is 18.3. The summed E-state index contributed by atoms with van der Waals surface area (Å²) in [6, 6.07) is 10.1. The molecule has 0 aliphatic carbocycles. The van der Waals surface area contributed by atoms with Crippen LogP contribution in [0.3, 0.4) is 0 Å². The number of likely N-dealkylation sites (tertiary alicyclic amines) is 2. The topological polar surface area (TPSA) is 117 Å². The van der Waals surface area contributed by atoms with Gasteiger partial charge in [-0.3, -0.25) is 9.59 Å². The molecule has 0 bridgehead atoms. The summed E-state index contributed by atoms with van der Waals surface area (Å²) in [5.41, 5.74) is 0.661. The van der Waals surface area contributed by atoms with E-state index in [1.807, 2.05) is 57.4 Å². The maximum Gasteiger partial charge on any atom is 0.410 e. The van der Waals surface area contributed by atoms with Gasteiger partial charge in [-0.15, -0.1) is 0 Å². The average molecular weight is 693 g/mol. The SMILES string of the molecule is COCCCNc1nc(C(C)(C)C)ncc1C(=O)N(CC(C)C)[C@H]1C[C@@H](C(=O)N2CCC(c3ccccc3)CC2)CN(C(=O)OC(C)(C)C)C1. The Morgan fingerprint density at radius 2 is 1.68 bits per heavy atom. The van der Waals surface area contributed by atoms with E-state index < -0.39 is 23.7 Å². The van der Waals surface area contributed by atoms with Gasteiger partial charge in [-0.05, 0) is 63.9 Å². The molecule has 2 aliphatic rings. The molecular weight excluding hydrogens is 632 g/mol. The zero-order valence-electron chi connectivity index (χ0n) is 31.8. The molecule has 2 aromatic rings. The molecule has 0 spiro atoms. The van der Waals surface area contributed by atoms with Crippen molar-refractivity contribution in [2.45, 2.75) is 104 Å². The highest BCUT2D eigenvalue weighted by Gasteiger charge is 2.42. The molecule has 50 heavy (non-hydrogen) atoms. The third-order valence-electron chi connectivity index (χ3n) is 9.28. The van der Waals surface area contributed by atoms with Gasteiger partial charge in [-0.2, -0.15) is 0 Å². The molecule has 2 saturated heterocycles. The predicted octanol–water partition coefficient (Wildman–Crippen LogP) is 6.35. The maximum atomic E-state index is 14.7. The van der Waals surface area contributed by atoms with E-state index in [1.54, 1.807) is 18.2 Å². The van der Waals surface area contributed by atoms with Gasteiger partial charge in [0.1, 0.15) is 22.8 Å². The fraction of sp³-hybridized carbons (Fsp3) is 0.667. The highest BCUT2D eigenvalue weighted by Crippen LogP contribution is 2.32. The quantitative estimate of drug-likeness (QED) is 0.271. The summed E-state index contributed by atoms with van der Waals surface area (Å²) in [7, 11) is 1.66. The van der Waals surface area contributed by atoms with Crippen LogP contribution in [0.5, 0.6) is 0 Å². The highest BCUT2D eigenvalue weighted by molar-refractivity contribution is 5.98. The van der Waals surface area contributed by atoms with Crippen LogP contribution in [0.15, 0.2) is 36.5 Å². The number of nitrogens with one attached hydrogen (secondary N) is 1. The Morgan fingerprint density at radius 3 is 2.28 bits per heavy atom. The Kier molecular flexibility index (Phi) is 13.3. The van der Waals surface area contributed by atoms with Crippen molar-refractivity contribution >= 4 is 23.7 Å². The molecule has 0 unspecified atom stereocenters. The van der Waals surface area contributed by atoms with E-state index in [0.717, 1.165) is 19.3 Å².